The van der Waals surface area contributed by atoms with E-state index >= 15 is 0 Å². The van der Waals surface area contributed by atoms with E-state index in [-0.39, 0.29) is 20.2 Å². The topological polar surface area (TPSA) is 57.2 Å². The molecule has 108 valence electrons. The summed E-state index contributed by atoms with van der Waals surface area (Å²) in [6.45, 7) is 0.612. The maximum absolute atomic E-state index is 8.80. The fourth-order valence-electron chi connectivity index (χ4n) is 1.64. The van der Waals surface area contributed by atoms with Crippen LogP contribution in [0.2, 0.25) is 0 Å². The van der Waals surface area contributed by atoms with Gasteiger partial charge in [-0.15, -0.1) is 0 Å². The summed E-state index contributed by atoms with van der Waals surface area (Å²) in [6, 6.07) is 5.71. The van der Waals surface area contributed by atoms with Crippen LogP contribution in [0.4, 0.5) is 0 Å². The molecule has 0 aliphatic rings. The lowest BCUT2D eigenvalue weighted by molar-refractivity contribution is 0.0459. The molecule has 0 bridgehead atoms. The van der Waals surface area contributed by atoms with Gasteiger partial charge in [0.2, 0.25) is 0 Å². The van der Waals surface area contributed by atoms with Crippen molar-refractivity contribution >= 4 is 0 Å². The van der Waals surface area contributed by atoms with Crippen molar-refractivity contribution in [2.45, 2.75) is 19.3 Å². The number of hydrogen-bond acceptors (Lipinski definition) is 5. The second-order valence-corrected chi connectivity index (χ2v) is 4.10. The molecule has 0 heterocycles. The van der Waals surface area contributed by atoms with Crippen molar-refractivity contribution in [1.29, 1.82) is 0 Å². The van der Waals surface area contributed by atoms with E-state index in [0.717, 1.165) is 24.8 Å². The van der Waals surface area contributed by atoms with Gasteiger partial charge in [-0.05, 0) is 37.0 Å². The van der Waals surface area contributed by atoms with Crippen LogP contribution in [0.15, 0.2) is 18.2 Å². The average molecular weight is 270 g/mol. The number of aliphatic hydroxyl groups excluding tert-OH is 1. The molecule has 1 N–H and O–H groups in total. The Bertz CT molecular complexity index is 327. The Morgan fingerprint density at radius 1 is 0.895 bits per heavy atom. The third kappa shape index (κ3) is 6.42. The molecule has 0 amide bonds. The van der Waals surface area contributed by atoms with Gasteiger partial charge in [-0.25, -0.2) is 0 Å². The third-order valence-corrected chi connectivity index (χ3v) is 2.50. The molecule has 1 rings (SSSR count). The van der Waals surface area contributed by atoms with Crippen LogP contribution in [0, 0.1) is 0 Å². The minimum atomic E-state index is 0.198. The number of methoxy groups -OCH3 is 2. The molecule has 1 aromatic rings. The predicted octanol–water partition coefficient (Wildman–Crippen LogP) is 1.97. The Balaban J connectivity index is 2.70. The molecule has 0 saturated heterocycles. The monoisotopic (exact) mass is 270 g/mol. The lowest BCUT2D eigenvalue weighted by Crippen LogP contribution is -2.03. The molecule has 0 fully saturated rings. The normalized spacial score (nSPS) is 10.5. The van der Waals surface area contributed by atoms with Crippen LogP contribution in [0.3, 0.4) is 0 Å². The van der Waals surface area contributed by atoms with Crippen LogP contribution < -0.4 is 9.47 Å². The molecule has 0 spiro atoms. The van der Waals surface area contributed by atoms with E-state index < -0.39 is 0 Å². The van der Waals surface area contributed by atoms with Crippen LogP contribution in [0.1, 0.15) is 18.4 Å². The van der Waals surface area contributed by atoms with Crippen LogP contribution in [0.5, 0.6) is 11.5 Å². The van der Waals surface area contributed by atoms with Crippen molar-refractivity contribution < 1.29 is 24.1 Å². The highest BCUT2D eigenvalue weighted by Gasteiger charge is 2.04. The number of ether oxygens (including phenoxy) is 4. The highest BCUT2D eigenvalue weighted by Crippen LogP contribution is 2.24. The van der Waals surface area contributed by atoms with Crippen LogP contribution in [-0.2, 0) is 15.9 Å². The zero-order valence-corrected chi connectivity index (χ0v) is 11.6. The van der Waals surface area contributed by atoms with Crippen LogP contribution >= 0.6 is 0 Å². The molecule has 0 radical (unpaired) electrons. The van der Waals surface area contributed by atoms with E-state index in [1.165, 1.54) is 0 Å². The number of benzene rings is 1. The lowest BCUT2D eigenvalue weighted by Gasteiger charge is -2.11. The Hall–Kier alpha value is -1.30. The second-order valence-electron chi connectivity index (χ2n) is 4.10. The smallest absolute Gasteiger partial charge is 0.188 e. The van der Waals surface area contributed by atoms with E-state index in [2.05, 4.69) is 0 Å². The second kappa shape index (κ2) is 9.61. The molecule has 0 aliphatic carbocycles. The van der Waals surface area contributed by atoms with Gasteiger partial charge >= 0.3 is 0 Å². The molecule has 0 aromatic heterocycles. The number of aryl methyl sites for hydroxylation is 1. The first kappa shape index (κ1) is 15.8. The Morgan fingerprint density at radius 2 is 1.47 bits per heavy atom. The molecule has 5 heteroatoms. The fraction of sp³-hybridized carbons (Fsp3) is 0.571. The minimum Gasteiger partial charge on any atom is -0.467 e. The molecule has 1 aromatic carbocycles. The summed E-state index contributed by atoms with van der Waals surface area (Å²) in [4.78, 5) is 0. The Kier molecular flexibility index (Phi) is 7.97. The van der Waals surface area contributed by atoms with Crippen molar-refractivity contribution in [3.8, 4) is 11.5 Å². The predicted molar refractivity (Wildman–Crippen MR) is 71.5 cm³/mol. The zero-order chi connectivity index (χ0) is 13.9. The number of unbranched alkanes of at least 4 members (excludes halogenated alkanes) is 1. The first-order chi connectivity index (χ1) is 9.30. The summed E-state index contributed by atoms with van der Waals surface area (Å²) in [5.41, 5.74) is 1.10. The summed E-state index contributed by atoms with van der Waals surface area (Å²) < 4.78 is 20.6. The SMILES string of the molecule is COCOc1cc(CCCCO)cc(OCOC)c1. The van der Waals surface area contributed by atoms with Gasteiger partial charge < -0.3 is 24.1 Å². The van der Waals surface area contributed by atoms with Crippen molar-refractivity contribution in [1.82, 2.24) is 0 Å². The molecule has 0 atom stereocenters. The van der Waals surface area contributed by atoms with E-state index in [4.69, 9.17) is 24.1 Å². The molecule has 5 nitrogen and oxygen atoms in total. The maximum atomic E-state index is 8.80. The van der Waals surface area contributed by atoms with Gasteiger partial charge in [0.15, 0.2) is 13.6 Å². The molecular formula is C14H22O5. The van der Waals surface area contributed by atoms with E-state index in [1.54, 1.807) is 20.3 Å². The quantitative estimate of drug-likeness (QED) is 0.520. The number of aliphatic hydroxyl groups is 1. The van der Waals surface area contributed by atoms with Crippen molar-refractivity contribution in [2.24, 2.45) is 0 Å². The molecule has 0 aliphatic heterocycles. The molecule has 0 unspecified atom stereocenters. The van der Waals surface area contributed by atoms with Crippen LogP contribution in [-0.4, -0.2) is 39.5 Å². The standard InChI is InChI=1S/C14H22O5/c1-16-10-18-13-7-12(5-3-4-6-15)8-14(9-13)19-11-17-2/h7-9,15H,3-6,10-11H2,1-2H3. The van der Waals surface area contributed by atoms with Crippen molar-refractivity contribution in [3.05, 3.63) is 23.8 Å². The summed E-state index contributed by atoms with van der Waals surface area (Å²) in [7, 11) is 3.15. The lowest BCUT2D eigenvalue weighted by atomic mass is 10.1. The van der Waals surface area contributed by atoms with Gasteiger partial charge in [-0.1, -0.05) is 0 Å². The van der Waals surface area contributed by atoms with Gasteiger partial charge in [0, 0.05) is 26.9 Å². The van der Waals surface area contributed by atoms with Crippen molar-refractivity contribution in [3.63, 3.8) is 0 Å². The highest BCUT2D eigenvalue weighted by molar-refractivity contribution is 5.38. The van der Waals surface area contributed by atoms with E-state index in [9.17, 15) is 0 Å². The number of hydrogen-bond donors (Lipinski definition) is 1. The Labute approximate surface area is 114 Å². The molecular weight excluding hydrogens is 248 g/mol. The van der Waals surface area contributed by atoms with Gasteiger partial charge in [-0.3, -0.25) is 0 Å². The zero-order valence-electron chi connectivity index (χ0n) is 11.6. The highest BCUT2D eigenvalue weighted by atomic mass is 16.7. The summed E-state index contributed by atoms with van der Waals surface area (Å²) in [6.07, 6.45) is 2.58. The van der Waals surface area contributed by atoms with Gasteiger partial charge in [-0.2, -0.15) is 0 Å². The first-order valence-corrected chi connectivity index (χ1v) is 6.28. The molecule has 19 heavy (non-hydrogen) atoms. The molecule has 0 saturated carbocycles. The summed E-state index contributed by atoms with van der Waals surface area (Å²) >= 11 is 0. The van der Waals surface area contributed by atoms with Crippen molar-refractivity contribution in [2.75, 3.05) is 34.4 Å². The minimum absolute atomic E-state index is 0.198. The van der Waals surface area contributed by atoms with Crippen LogP contribution in [0.25, 0.3) is 0 Å². The number of rotatable bonds is 10. The summed E-state index contributed by atoms with van der Waals surface area (Å²) in [5, 5.41) is 8.80. The third-order valence-electron chi connectivity index (χ3n) is 2.50. The van der Waals surface area contributed by atoms with Gasteiger partial charge in [0.1, 0.15) is 11.5 Å². The first-order valence-electron chi connectivity index (χ1n) is 6.28. The van der Waals surface area contributed by atoms with Gasteiger partial charge in [0.05, 0.1) is 0 Å². The van der Waals surface area contributed by atoms with E-state index in [0.29, 0.717) is 11.5 Å². The van der Waals surface area contributed by atoms with Gasteiger partial charge in [0.25, 0.3) is 0 Å². The largest absolute Gasteiger partial charge is 0.467 e. The fourth-order valence-corrected chi connectivity index (χ4v) is 1.64. The summed E-state index contributed by atoms with van der Waals surface area (Å²) in [5.74, 6) is 1.41. The average Bonchev–Trinajstić information content (AvgIpc) is 2.43. The maximum Gasteiger partial charge on any atom is 0.188 e. The Morgan fingerprint density at radius 3 is 1.95 bits per heavy atom. The van der Waals surface area contributed by atoms with E-state index in [1.807, 2.05) is 12.1 Å².